The smallest absolute Gasteiger partial charge is 0.162 e. The predicted molar refractivity (Wildman–Crippen MR) is 78.4 cm³/mol. The largest absolute Gasteiger partial charge is 0.381 e. The SMILES string of the molecule is CC.CC.COC/C=C/CCc1cccc(F)c1F. The lowest BCUT2D eigenvalue weighted by Gasteiger charge is -2.01. The molecule has 19 heavy (non-hydrogen) atoms. The first kappa shape index (κ1) is 20.1. The van der Waals surface area contributed by atoms with Gasteiger partial charge in [0.05, 0.1) is 6.61 Å². The molecule has 0 aliphatic heterocycles. The molecule has 110 valence electrons. The van der Waals surface area contributed by atoms with Crippen LogP contribution in [0.15, 0.2) is 30.4 Å². The molecule has 0 aliphatic rings. The van der Waals surface area contributed by atoms with E-state index in [0.717, 1.165) is 6.07 Å². The van der Waals surface area contributed by atoms with E-state index in [1.807, 2.05) is 39.8 Å². The zero-order valence-electron chi connectivity index (χ0n) is 12.7. The summed E-state index contributed by atoms with van der Waals surface area (Å²) >= 11 is 0. The van der Waals surface area contributed by atoms with Gasteiger partial charge in [0.2, 0.25) is 0 Å². The minimum Gasteiger partial charge on any atom is -0.381 e. The number of rotatable bonds is 5. The second kappa shape index (κ2) is 14.8. The first-order valence-electron chi connectivity index (χ1n) is 6.82. The summed E-state index contributed by atoms with van der Waals surface area (Å²) in [5.41, 5.74) is 0.414. The van der Waals surface area contributed by atoms with Gasteiger partial charge in [-0.3, -0.25) is 0 Å². The lowest BCUT2D eigenvalue weighted by atomic mass is 10.1. The number of ether oxygens (including phenoxy) is 1. The van der Waals surface area contributed by atoms with Gasteiger partial charge in [0, 0.05) is 7.11 Å². The third kappa shape index (κ3) is 9.37. The monoisotopic (exact) mass is 272 g/mol. The van der Waals surface area contributed by atoms with E-state index in [0.29, 0.717) is 25.0 Å². The van der Waals surface area contributed by atoms with E-state index in [1.165, 1.54) is 6.07 Å². The molecule has 0 heterocycles. The van der Waals surface area contributed by atoms with Crippen molar-refractivity contribution in [1.82, 2.24) is 0 Å². The summed E-state index contributed by atoms with van der Waals surface area (Å²) in [6.45, 7) is 8.55. The summed E-state index contributed by atoms with van der Waals surface area (Å²) in [6, 6.07) is 4.24. The summed E-state index contributed by atoms with van der Waals surface area (Å²) in [5, 5.41) is 0. The molecule has 0 saturated heterocycles. The van der Waals surface area contributed by atoms with Gasteiger partial charge < -0.3 is 4.74 Å². The number of aryl methyl sites for hydroxylation is 1. The first-order valence-corrected chi connectivity index (χ1v) is 6.82. The fraction of sp³-hybridized carbons (Fsp3) is 0.500. The molecule has 0 fully saturated rings. The Labute approximate surface area is 116 Å². The maximum absolute atomic E-state index is 13.2. The topological polar surface area (TPSA) is 9.23 Å². The van der Waals surface area contributed by atoms with Crippen LogP contribution in [-0.4, -0.2) is 13.7 Å². The van der Waals surface area contributed by atoms with Gasteiger partial charge in [-0.25, -0.2) is 8.78 Å². The van der Waals surface area contributed by atoms with E-state index >= 15 is 0 Å². The molecule has 0 aromatic heterocycles. The van der Waals surface area contributed by atoms with Crippen LogP contribution >= 0.6 is 0 Å². The van der Waals surface area contributed by atoms with Crippen LogP contribution in [0, 0.1) is 11.6 Å². The van der Waals surface area contributed by atoms with E-state index in [1.54, 1.807) is 13.2 Å². The Balaban J connectivity index is 0. The van der Waals surface area contributed by atoms with Gasteiger partial charge in [0.15, 0.2) is 11.6 Å². The fourth-order valence-electron chi connectivity index (χ4n) is 1.26. The van der Waals surface area contributed by atoms with Gasteiger partial charge in [0.1, 0.15) is 0 Å². The Morgan fingerprint density at radius 3 is 2.26 bits per heavy atom. The number of hydrogen-bond acceptors (Lipinski definition) is 1. The number of benzene rings is 1. The van der Waals surface area contributed by atoms with E-state index < -0.39 is 11.6 Å². The van der Waals surface area contributed by atoms with Gasteiger partial charge >= 0.3 is 0 Å². The standard InChI is InChI=1S/C12H14F2O.2C2H6/c1-15-9-4-2-3-6-10-7-5-8-11(13)12(10)14;2*1-2/h2,4-5,7-8H,3,6,9H2,1H3;2*1-2H3/b4-2+;;. The highest BCUT2D eigenvalue weighted by molar-refractivity contribution is 5.19. The summed E-state index contributed by atoms with van der Waals surface area (Å²) in [6.07, 6.45) is 4.94. The van der Waals surface area contributed by atoms with Crippen molar-refractivity contribution in [2.45, 2.75) is 40.5 Å². The molecule has 3 heteroatoms. The van der Waals surface area contributed by atoms with Crippen LogP contribution in [0.1, 0.15) is 39.7 Å². The molecule has 0 atom stereocenters. The van der Waals surface area contributed by atoms with E-state index in [9.17, 15) is 8.78 Å². The maximum Gasteiger partial charge on any atom is 0.162 e. The van der Waals surface area contributed by atoms with Crippen LogP contribution in [0.25, 0.3) is 0 Å². The Hall–Kier alpha value is -1.22. The predicted octanol–water partition coefficient (Wildman–Crippen LogP) is 5.15. The average molecular weight is 272 g/mol. The Morgan fingerprint density at radius 1 is 1.05 bits per heavy atom. The third-order valence-electron chi connectivity index (χ3n) is 2.04. The quantitative estimate of drug-likeness (QED) is 0.673. The molecule has 1 rings (SSSR count). The summed E-state index contributed by atoms with van der Waals surface area (Å²) in [7, 11) is 1.61. The zero-order chi connectivity index (χ0) is 15.1. The number of methoxy groups -OCH3 is 1. The molecular formula is C16H26F2O. The third-order valence-corrected chi connectivity index (χ3v) is 2.04. The molecule has 0 bridgehead atoms. The van der Waals surface area contributed by atoms with Crippen molar-refractivity contribution in [3.05, 3.63) is 47.5 Å². The van der Waals surface area contributed by atoms with Crippen molar-refractivity contribution in [3.8, 4) is 0 Å². The van der Waals surface area contributed by atoms with Crippen LogP contribution in [0.2, 0.25) is 0 Å². The minimum absolute atomic E-state index is 0.414. The summed E-state index contributed by atoms with van der Waals surface area (Å²) in [5.74, 6) is -1.52. The first-order chi connectivity index (χ1) is 9.25. The maximum atomic E-state index is 13.2. The van der Waals surface area contributed by atoms with Crippen molar-refractivity contribution >= 4 is 0 Å². The van der Waals surface area contributed by atoms with E-state index in [2.05, 4.69) is 0 Å². The van der Waals surface area contributed by atoms with Crippen LogP contribution in [0.3, 0.4) is 0 Å². The van der Waals surface area contributed by atoms with Crippen molar-refractivity contribution in [2.24, 2.45) is 0 Å². The molecule has 1 aromatic carbocycles. The van der Waals surface area contributed by atoms with Gasteiger partial charge in [-0.15, -0.1) is 0 Å². The van der Waals surface area contributed by atoms with Gasteiger partial charge in [-0.05, 0) is 24.5 Å². The van der Waals surface area contributed by atoms with Crippen LogP contribution in [0.4, 0.5) is 8.78 Å². The Kier molecular flexibility index (Phi) is 15.7. The highest BCUT2D eigenvalue weighted by Crippen LogP contribution is 2.13. The molecule has 0 radical (unpaired) electrons. The van der Waals surface area contributed by atoms with Crippen LogP contribution < -0.4 is 0 Å². The molecular weight excluding hydrogens is 246 g/mol. The molecule has 0 unspecified atom stereocenters. The summed E-state index contributed by atoms with van der Waals surface area (Å²) in [4.78, 5) is 0. The molecule has 0 spiro atoms. The second-order valence-corrected chi connectivity index (χ2v) is 3.18. The van der Waals surface area contributed by atoms with E-state index in [4.69, 9.17) is 4.74 Å². The Bertz CT molecular complexity index is 336. The lowest BCUT2D eigenvalue weighted by molar-refractivity contribution is 0.233. The van der Waals surface area contributed by atoms with Crippen LogP contribution in [-0.2, 0) is 11.2 Å². The highest BCUT2D eigenvalue weighted by atomic mass is 19.2. The average Bonchev–Trinajstić information content (AvgIpc) is 2.47. The van der Waals surface area contributed by atoms with E-state index in [-0.39, 0.29) is 0 Å². The zero-order valence-corrected chi connectivity index (χ0v) is 12.7. The molecule has 0 amide bonds. The van der Waals surface area contributed by atoms with Crippen LogP contribution in [0.5, 0.6) is 0 Å². The van der Waals surface area contributed by atoms with Crippen molar-refractivity contribution in [3.63, 3.8) is 0 Å². The molecule has 0 aliphatic carbocycles. The molecule has 1 nitrogen and oxygen atoms in total. The molecule has 1 aromatic rings. The number of allylic oxidation sites excluding steroid dienone is 1. The number of halogens is 2. The normalized spacial score (nSPS) is 9.42. The number of hydrogen-bond donors (Lipinski definition) is 0. The van der Waals surface area contributed by atoms with Crippen molar-refractivity contribution in [2.75, 3.05) is 13.7 Å². The Morgan fingerprint density at radius 2 is 1.68 bits per heavy atom. The fourth-order valence-corrected chi connectivity index (χ4v) is 1.26. The van der Waals surface area contributed by atoms with Gasteiger partial charge in [-0.2, -0.15) is 0 Å². The highest BCUT2D eigenvalue weighted by Gasteiger charge is 2.05. The van der Waals surface area contributed by atoms with Gasteiger partial charge in [0.25, 0.3) is 0 Å². The lowest BCUT2D eigenvalue weighted by Crippen LogP contribution is -1.93. The van der Waals surface area contributed by atoms with Crippen molar-refractivity contribution in [1.29, 1.82) is 0 Å². The molecule has 0 saturated carbocycles. The minimum atomic E-state index is -0.784. The van der Waals surface area contributed by atoms with Gasteiger partial charge in [-0.1, -0.05) is 52.0 Å². The second-order valence-electron chi connectivity index (χ2n) is 3.18. The van der Waals surface area contributed by atoms with Crippen molar-refractivity contribution < 1.29 is 13.5 Å². The summed E-state index contributed by atoms with van der Waals surface area (Å²) < 4.78 is 30.8. The molecule has 0 N–H and O–H groups in total.